The molecule has 4 aliphatic rings. The van der Waals surface area contributed by atoms with Crippen LogP contribution in [0, 0.1) is 0 Å². The summed E-state index contributed by atoms with van der Waals surface area (Å²) < 4.78 is 0. The van der Waals surface area contributed by atoms with Crippen molar-refractivity contribution in [1.29, 1.82) is 0 Å². The van der Waals surface area contributed by atoms with E-state index in [0.29, 0.717) is 0 Å². The molecule has 0 aromatic heterocycles. The lowest BCUT2D eigenvalue weighted by Crippen LogP contribution is -2.17. The molecule has 0 unspecified atom stereocenters. The highest BCUT2D eigenvalue weighted by Crippen LogP contribution is 2.56. The van der Waals surface area contributed by atoms with Gasteiger partial charge in [-0.15, -0.1) is 0 Å². The van der Waals surface area contributed by atoms with Crippen molar-refractivity contribution in [1.82, 2.24) is 0 Å². The van der Waals surface area contributed by atoms with Crippen LogP contribution in [-0.2, 0) is 22.7 Å². The van der Waals surface area contributed by atoms with Gasteiger partial charge in [-0.25, -0.2) is 0 Å². The van der Waals surface area contributed by atoms with Gasteiger partial charge in [-0.2, -0.15) is 0 Å². The molecule has 8 aromatic carbocycles. The summed E-state index contributed by atoms with van der Waals surface area (Å²) in [5.41, 5.74) is 22.6. The number of anilines is 3. The summed E-state index contributed by atoms with van der Waals surface area (Å²) in [6, 6.07) is 53.8. The van der Waals surface area contributed by atoms with E-state index in [1.54, 1.807) is 0 Å². The normalized spacial score (nSPS) is 16.7. The summed E-state index contributed by atoms with van der Waals surface area (Å²) in [7, 11) is 0. The van der Waals surface area contributed by atoms with E-state index < -0.39 is 0 Å². The Labute approximate surface area is 342 Å². The van der Waals surface area contributed by atoms with Gasteiger partial charge in [0.1, 0.15) is 0 Å². The van der Waals surface area contributed by atoms with Crippen molar-refractivity contribution in [2.24, 2.45) is 0 Å². The van der Waals surface area contributed by atoms with E-state index in [9.17, 15) is 0 Å². The summed E-state index contributed by atoms with van der Waals surface area (Å²) in [5.74, 6) is 0. The molecule has 4 aliphatic carbocycles. The summed E-state index contributed by atoms with van der Waals surface area (Å²) in [6.07, 6.45) is 6.94. The molecule has 8 aromatic rings. The average molecular weight is 746 g/mol. The molecular weight excluding hydrogens is 699 g/mol. The molecule has 58 heavy (non-hydrogen) atoms. The van der Waals surface area contributed by atoms with E-state index in [2.05, 4.69) is 198 Å². The Morgan fingerprint density at radius 2 is 0.862 bits per heavy atom. The van der Waals surface area contributed by atoms with Crippen LogP contribution in [0.3, 0.4) is 0 Å². The number of aryl methyl sites for hydroxylation is 1. The van der Waals surface area contributed by atoms with Crippen molar-refractivity contribution in [2.45, 2.75) is 70.6 Å². The van der Waals surface area contributed by atoms with Gasteiger partial charge < -0.3 is 4.90 Å². The molecule has 0 aliphatic heterocycles. The molecule has 0 heterocycles. The molecule has 0 saturated carbocycles. The number of hydrogen-bond donors (Lipinski definition) is 0. The monoisotopic (exact) mass is 745 g/mol. The van der Waals surface area contributed by atoms with Crippen molar-refractivity contribution >= 4 is 44.7 Å². The highest BCUT2D eigenvalue weighted by atomic mass is 15.1. The number of hydrogen-bond acceptors (Lipinski definition) is 1. The first kappa shape index (κ1) is 33.9. The van der Waals surface area contributed by atoms with Crippen LogP contribution in [0.15, 0.2) is 146 Å². The molecule has 0 N–H and O–H groups in total. The summed E-state index contributed by atoms with van der Waals surface area (Å²) in [4.78, 5) is 2.53. The van der Waals surface area contributed by atoms with Gasteiger partial charge >= 0.3 is 0 Å². The highest BCUT2D eigenvalue weighted by Gasteiger charge is 2.39. The summed E-state index contributed by atoms with van der Waals surface area (Å²) >= 11 is 0. The van der Waals surface area contributed by atoms with E-state index in [1.165, 1.54) is 116 Å². The van der Waals surface area contributed by atoms with Crippen LogP contribution in [0.4, 0.5) is 17.1 Å². The van der Waals surface area contributed by atoms with Gasteiger partial charge in [0.15, 0.2) is 0 Å². The van der Waals surface area contributed by atoms with Gasteiger partial charge in [-0.1, -0.05) is 145 Å². The Hall–Kier alpha value is -6.18. The van der Waals surface area contributed by atoms with Crippen LogP contribution in [0.2, 0.25) is 0 Å². The van der Waals surface area contributed by atoms with Gasteiger partial charge in [0.2, 0.25) is 0 Å². The van der Waals surface area contributed by atoms with E-state index in [4.69, 9.17) is 0 Å². The molecule has 0 fully saturated rings. The molecule has 0 atom stereocenters. The molecule has 0 saturated heterocycles. The lowest BCUT2D eigenvalue weighted by Gasteiger charge is -2.30. The standard InChI is InChI=1S/C57H47N/c1-55(2)50-22-14-12-20-42(50)46-29-34(24-27-51(46)55)58(36-23-26-43-41-19-11-13-21-49(41)56(3,4)53(43)31-36)35-25-28-52-47(30-35)48-32-44-39-17-9-7-15-37(39)38-16-8-10-18-40(38)45(44)33-54(48)57(52,5)6/h8-14,16-33H,7,15H2,1-6H3. The Kier molecular flexibility index (Phi) is 6.71. The van der Waals surface area contributed by atoms with Crippen molar-refractivity contribution in [3.05, 3.63) is 190 Å². The van der Waals surface area contributed by atoms with Crippen molar-refractivity contribution in [2.75, 3.05) is 4.90 Å². The molecule has 0 spiro atoms. The molecular formula is C57H47N. The molecule has 12 rings (SSSR count). The number of benzene rings is 8. The summed E-state index contributed by atoms with van der Waals surface area (Å²) in [6.45, 7) is 14.3. The summed E-state index contributed by atoms with van der Waals surface area (Å²) in [5, 5.41) is 5.51. The predicted molar refractivity (Wildman–Crippen MR) is 246 cm³/mol. The first-order valence-corrected chi connectivity index (χ1v) is 21.2. The van der Waals surface area contributed by atoms with Crippen LogP contribution in [0.5, 0.6) is 0 Å². The van der Waals surface area contributed by atoms with E-state index in [1.807, 2.05) is 0 Å². The van der Waals surface area contributed by atoms with Gasteiger partial charge in [0.05, 0.1) is 0 Å². The third kappa shape index (κ3) is 4.37. The highest BCUT2D eigenvalue weighted by molar-refractivity contribution is 6.15. The zero-order chi connectivity index (χ0) is 39.3. The van der Waals surface area contributed by atoms with E-state index in [-0.39, 0.29) is 16.2 Å². The predicted octanol–water partition coefficient (Wildman–Crippen LogP) is 15.3. The Bertz CT molecular complexity index is 3150. The number of allylic oxidation sites excluding steroid dienone is 1. The minimum absolute atomic E-state index is 0.0516. The van der Waals surface area contributed by atoms with Crippen molar-refractivity contribution < 1.29 is 0 Å². The van der Waals surface area contributed by atoms with Crippen LogP contribution in [0.25, 0.3) is 61.0 Å². The Balaban J connectivity index is 1.09. The SMILES string of the molecule is CC1(C)c2ccccc2-c2cc(N(c3ccc4c(c3)-c3cc5c6c(c7ccccc7c5cc3C4(C)C)CCC=C6)c3ccc4c(c3)C(C)(C)c3ccccc3-4)ccc21. The quantitative estimate of drug-likeness (QED) is 0.163. The zero-order valence-corrected chi connectivity index (χ0v) is 34.3. The third-order valence-corrected chi connectivity index (χ3v) is 14.7. The molecule has 1 nitrogen and oxygen atoms in total. The third-order valence-electron chi connectivity index (χ3n) is 14.7. The molecule has 280 valence electrons. The molecule has 1 heteroatoms. The maximum absolute atomic E-state index is 2.54. The van der Waals surface area contributed by atoms with Crippen LogP contribution in [-0.4, -0.2) is 0 Å². The Morgan fingerprint density at radius 1 is 0.379 bits per heavy atom. The number of rotatable bonds is 3. The fourth-order valence-electron chi connectivity index (χ4n) is 11.7. The minimum Gasteiger partial charge on any atom is -0.310 e. The van der Waals surface area contributed by atoms with Gasteiger partial charge in [-0.3, -0.25) is 0 Å². The maximum Gasteiger partial charge on any atom is 0.0468 e. The minimum atomic E-state index is -0.138. The number of fused-ring (bicyclic) bond motifs is 15. The molecule has 0 radical (unpaired) electrons. The second-order valence-corrected chi connectivity index (χ2v) is 18.8. The molecule has 0 bridgehead atoms. The number of nitrogens with zero attached hydrogens (tertiary/aromatic N) is 1. The molecule has 0 amide bonds. The average Bonchev–Trinajstić information content (AvgIpc) is 3.72. The first-order chi connectivity index (χ1) is 28.0. The van der Waals surface area contributed by atoms with Crippen LogP contribution in [0.1, 0.15) is 92.5 Å². The van der Waals surface area contributed by atoms with E-state index >= 15 is 0 Å². The second-order valence-electron chi connectivity index (χ2n) is 18.8. The van der Waals surface area contributed by atoms with Gasteiger partial charge in [0.25, 0.3) is 0 Å². The van der Waals surface area contributed by atoms with Gasteiger partial charge in [0, 0.05) is 33.3 Å². The van der Waals surface area contributed by atoms with Crippen molar-refractivity contribution in [3.63, 3.8) is 0 Å². The lowest BCUT2D eigenvalue weighted by molar-refractivity contribution is 0.660. The lowest BCUT2D eigenvalue weighted by atomic mass is 9.80. The zero-order valence-electron chi connectivity index (χ0n) is 34.3. The fourth-order valence-corrected chi connectivity index (χ4v) is 11.7. The maximum atomic E-state index is 2.54. The topological polar surface area (TPSA) is 3.24 Å². The van der Waals surface area contributed by atoms with E-state index in [0.717, 1.165) is 12.8 Å². The first-order valence-electron chi connectivity index (χ1n) is 21.2. The smallest absolute Gasteiger partial charge is 0.0468 e. The second kappa shape index (κ2) is 11.5. The fraction of sp³-hybridized carbons (Fsp3) is 0.193. The van der Waals surface area contributed by atoms with Gasteiger partial charge in [-0.05, 0) is 161 Å². The van der Waals surface area contributed by atoms with Crippen molar-refractivity contribution in [3.8, 4) is 33.4 Å². The Morgan fingerprint density at radius 3 is 1.55 bits per heavy atom. The van der Waals surface area contributed by atoms with Crippen LogP contribution >= 0.6 is 0 Å². The largest absolute Gasteiger partial charge is 0.310 e. The van der Waals surface area contributed by atoms with Crippen LogP contribution < -0.4 is 4.90 Å².